The Morgan fingerprint density at radius 2 is 1.67 bits per heavy atom. The number of para-hydroxylation sites is 2. The van der Waals surface area contributed by atoms with Crippen molar-refractivity contribution >= 4 is 5.91 Å². The summed E-state index contributed by atoms with van der Waals surface area (Å²) >= 11 is 0. The first kappa shape index (κ1) is 20.0. The molecular formula is C23H23FN2O4. The van der Waals surface area contributed by atoms with Crippen molar-refractivity contribution in [1.82, 2.24) is 9.80 Å². The second-order valence-corrected chi connectivity index (χ2v) is 7.07. The van der Waals surface area contributed by atoms with E-state index in [-0.39, 0.29) is 23.4 Å². The van der Waals surface area contributed by atoms with E-state index < -0.39 is 0 Å². The van der Waals surface area contributed by atoms with Crippen molar-refractivity contribution in [3.8, 4) is 17.4 Å². The van der Waals surface area contributed by atoms with Crippen LogP contribution in [-0.2, 0) is 6.54 Å². The number of carbonyl (C=O) groups is 1. The van der Waals surface area contributed by atoms with Gasteiger partial charge in [-0.15, -0.1) is 0 Å². The predicted molar refractivity (Wildman–Crippen MR) is 109 cm³/mol. The molecule has 1 aromatic heterocycles. The number of hydrogen-bond acceptors (Lipinski definition) is 5. The molecular weight excluding hydrogens is 387 g/mol. The molecule has 0 spiro atoms. The lowest BCUT2D eigenvalue weighted by molar-refractivity contribution is 0.0593. The highest BCUT2D eigenvalue weighted by molar-refractivity contribution is 5.91. The Hall–Kier alpha value is -3.32. The normalized spacial score (nSPS) is 14.5. The molecule has 0 atom stereocenters. The quantitative estimate of drug-likeness (QED) is 0.610. The van der Waals surface area contributed by atoms with Gasteiger partial charge in [-0.3, -0.25) is 9.69 Å². The van der Waals surface area contributed by atoms with Gasteiger partial charge in [0.15, 0.2) is 17.3 Å². The number of furan rings is 1. The molecule has 1 saturated heterocycles. The van der Waals surface area contributed by atoms with Gasteiger partial charge in [-0.2, -0.15) is 0 Å². The molecule has 156 valence electrons. The fraction of sp³-hybridized carbons (Fsp3) is 0.261. The highest BCUT2D eigenvalue weighted by atomic mass is 19.1. The van der Waals surface area contributed by atoms with Gasteiger partial charge < -0.3 is 18.8 Å². The number of amides is 1. The zero-order valence-corrected chi connectivity index (χ0v) is 16.7. The number of carbonyl (C=O) groups excluding carboxylic acids is 1. The Kier molecular flexibility index (Phi) is 5.99. The van der Waals surface area contributed by atoms with Crippen LogP contribution in [0.25, 0.3) is 0 Å². The minimum Gasteiger partial charge on any atom is -0.493 e. The fourth-order valence-corrected chi connectivity index (χ4v) is 3.41. The molecule has 7 heteroatoms. The minimum absolute atomic E-state index is 0.161. The summed E-state index contributed by atoms with van der Waals surface area (Å²) in [4.78, 5) is 16.8. The monoisotopic (exact) mass is 410 g/mol. The highest BCUT2D eigenvalue weighted by Gasteiger charge is 2.24. The summed E-state index contributed by atoms with van der Waals surface area (Å²) in [5, 5.41) is 0. The van der Waals surface area contributed by atoms with Crippen LogP contribution in [0.5, 0.6) is 17.4 Å². The van der Waals surface area contributed by atoms with E-state index in [1.54, 1.807) is 48.4 Å². The molecule has 1 aliphatic rings. The third-order valence-corrected chi connectivity index (χ3v) is 5.05. The molecule has 0 radical (unpaired) electrons. The first-order valence-corrected chi connectivity index (χ1v) is 9.79. The molecule has 4 rings (SSSR count). The smallest absolute Gasteiger partial charge is 0.290 e. The van der Waals surface area contributed by atoms with Crippen molar-refractivity contribution in [3.05, 3.63) is 77.8 Å². The number of methoxy groups -OCH3 is 1. The standard InChI is InChI=1S/C23H23FN2O4/c1-28-19-4-2-3-5-20(19)29-22-11-10-21(30-22)23(27)26-14-12-25(13-15-26)16-17-6-8-18(24)9-7-17/h2-11H,12-16H2,1H3. The predicted octanol–water partition coefficient (Wildman–Crippen LogP) is 4.18. The lowest BCUT2D eigenvalue weighted by atomic mass is 10.2. The zero-order chi connectivity index (χ0) is 20.9. The zero-order valence-electron chi connectivity index (χ0n) is 16.7. The molecule has 3 aromatic rings. The summed E-state index contributed by atoms with van der Waals surface area (Å²) in [5.74, 6) is 1.18. The maximum atomic E-state index is 13.0. The van der Waals surface area contributed by atoms with Crippen molar-refractivity contribution < 1.29 is 23.1 Å². The van der Waals surface area contributed by atoms with E-state index in [1.807, 2.05) is 12.1 Å². The first-order valence-electron chi connectivity index (χ1n) is 9.79. The van der Waals surface area contributed by atoms with Crippen LogP contribution in [-0.4, -0.2) is 49.0 Å². The fourth-order valence-electron chi connectivity index (χ4n) is 3.41. The second kappa shape index (κ2) is 9.00. The molecule has 0 aliphatic carbocycles. The summed E-state index contributed by atoms with van der Waals surface area (Å²) in [6.07, 6.45) is 0. The van der Waals surface area contributed by atoms with Gasteiger partial charge in [-0.25, -0.2) is 4.39 Å². The van der Waals surface area contributed by atoms with Crippen molar-refractivity contribution in [2.24, 2.45) is 0 Å². The first-order chi connectivity index (χ1) is 14.6. The number of nitrogens with zero attached hydrogens (tertiary/aromatic N) is 2. The van der Waals surface area contributed by atoms with E-state index in [0.717, 1.165) is 25.2 Å². The van der Waals surface area contributed by atoms with E-state index in [9.17, 15) is 9.18 Å². The molecule has 30 heavy (non-hydrogen) atoms. The van der Waals surface area contributed by atoms with Gasteiger partial charge in [0.1, 0.15) is 5.82 Å². The Morgan fingerprint density at radius 1 is 0.967 bits per heavy atom. The Morgan fingerprint density at radius 3 is 2.37 bits per heavy atom. The number of rotatable bonds is 6. The van der Waals surface area contributed by atoms with Crippen molar-refractivity contribution in [2.75, 3.05) is 33.3 Å². The van der Waals surface area contributed by atoms with E-state index in [2.05, 4.69) is 4.90 Å². The van der Waals surface area contributed by atoms with Gasteiger partial charge in [-0.05, 0) is 35.9 Å². The van der Waals surface area contributed by atoms with Crippen LogP contribution in [0.15, 0.2) is 65.1 Å². The summed E-state index contributed by atoms with van der Waals surface area (Å²) in [7, 11) is 1.56. The van der Waals surface area contributed by atoms with Crippen LogP contribution in [0.4, 0.5) is 4.39 Å². The largest absolute Gasteiger partial charge is 0.493 e. The minimum atomic E-state index is -0.235. The third kappa shape index (κ3) is 4.63. The molecule has 1 aliphatic heterocycles. The Labute approximate surface area is 174 Å². The van der Waals surface area contributed by atoms with Gasteiger partial charge >= 0.3 is 0 Å². The molecule has 0 N–H and O–H groups in total. The Balaban J connectivity index is 1.33. The van der Waals surface area contributed by atoms with Gasteiger partial charge in [0.2, 0.25) is 0 Å². The lowest BCUT2D eigenvalue weighted by Gasteiger charge is -2.34. The summed E-state index contributed by atoms with van der Waals surface area (Å²) in [6.45, 7) is 3.43. The average molecular weight is 410 g/mol. The van der Waals surface area contributed by atoms with Crippen molar-refractivity contribution in [3.63, 3.8) is 0 Å². The van der Waals surface area contributed by atoms with E-state index in [1.165, 1.54) is 12.1 Å². The number of piperazine rings is 1. The van der Waals surface area contributed by atoms with E-state index in [0.29, 0.717) is 24.6 Å². The van der Waals surface area contributed by atoms with Crippen molar-refractivity contribution in [1.29, 1.82) is 0 Å². The molecule has 6 nitrogen and oxygen atoms in total. The van der Waals surface area contributed by atoms with Gasteiger partial charge in [0, 0.05) is 38.8 Å². The van der Waals surface area contributed by atoms with Crippen LogP contribution in [0, 0.1) is 5.82 Å². The Bertz CT molecular complexity index is 994. The van der Waals surface area contributed by atoms with Gasteiger partial charge in [0.25, 0.3) is 11.9 Å². The summed E-state index contributed by atoms with van der Waals surface area (Å²) < 4.78 is 29.6. The molecule has 2 heterocycles. The number of hydrogen-bond donors (Lipinski definition) is 0. The second-order valence-electron chi connectivity index (χ2n) is 7.07. The van der Waals surface area contributed by atoms with Crippen LogP contribution in [0.3, 0.4) is 0 Å². The molecule has 0 bridgehead atoms. The maximum absolute atomic E-state index is 13.0. The summed E-state index contributed by atoms with van der Waals surface area (Å²) in [6, 6.07) is 17.0. The SMILES string of the molecule is COc1ccccc1Oc1ccc(C(=O)N2CCN(Cc3ccc(F)cc3)CC2)o1. The highest BCUT2D eigenvalue weighted by Crippen LogP contribution is 2.32. The third-order valence-electron chi connectivity index (χ3n) is 5.05. The van der Waals surface area contributed by atoms with Crippen molar-refractivity contribution in [2.45, 2.75) is 6.54 Å². The van der Waals surface area contributed by atoms with Gasteiger partial charge in [0.05, 0.1) is 7.11 Å². The summed E-state index contributed by atoms with van der Waals surface area (Å²) in [5.41, 5.74) is 1.06. The molecule has 0 unspecified atom stereocenters. The van der Waals surface area contributed by atoms with Crippen LogP contribution >= 0.6 is 0 Å². The number of ether oxygens (including phenoxy) is 2. The maximum Gasteiger partial charge on any atom is 0.290 e. The van der Waals surface area contributed by atoms with E-state index in [4.69, 9.17) is 13.9 Å². The topological polar surface area (TPSA) is 55.2 Å². The molecule has 0 saturated carbocycles. The van der Waals surface area contributed by atoms with Crippen LogP contribution in [0.1, 0.15) is 16.1 Å². The van der Waals surface area contributed by atoms with Crippen LogP contribution < -0.4 is 9.47 Å². The average Bonchev–Trinajstić information content (AvgIpc) is 3.24. The number of benzene rings is 2. The van der Waals surface area contributed by atoms with Crippen LogP contribution in [0.2, 0.25) is 0 Å². The number of halogens is 1. The molecule has 1 amide bonds. The van der Waals surface area contributed by atoms with Gasteiger partial charge in [-0.1, -0.05) is 24.3 Å². The molecule has 1 fully saturated rings. The van der Waals surface area contributed by atoms with E-state index >= 15 is 0 Å². The lowest BCUT2D eigenvalue weighted by Crippen LogP contribution is -2.48. The molecule has 2 aromatic carbocycles.